The molecule has 1 aromatic carbocycles. The summed E-state index contributed by atoms with van der Waals surface area (Å²) in [6.45, 7) is 12.9. The summed E-state index contributed by atoms with van der Waals surface area (Å²) in [5.41, 5.74) is 18.2. The van der Waals surface area contributed by atoms with Crippen LogP contribution < -0.4 is 65.1 Å². The Morgan fingerprint density at radius 2 is 1.24 bits per heavy atom. The Hall–Kier alpha value is -9.57. The third kappa shape index (κ3) is 25.0. The maximum atomic E-state index is 16.0. The lowest BCUT2D eigenvalue weighted by molar-refractivity contribution is -0.157. The first-order chi connectivity index (χ1) is 46.9. The Balaban J connectivity index is 1.99. The monoisotopic (exact) mass is 1400 g/mol. The van der Waals surface area contributed by atoms with Gasteiger partial charge in [0.1, 0.15) is 66.1 Å². The molecule has 13 atom stereocenters. The van der Waals surface area contributed by atoms with Gasteiger partial charge in [-0.2, -0.15) is 0 Å². The topological polar surface area (TPSA) is 528 Å². The molecule has 1 saturated heterocycles. The number of amides is 12. The highest BCUT2D eigenvalue weighted by Gasteiger charge is 2.46. The van der Waals surface area contributed by atoms with Crippen molar-refractivity contribution in [2.24, 2.45) is 40.9 Å². The Bertz CT molecular complexity index is 3310. The molecule has 4 rings (SSSR count). The van der Waals surface area contributed by atoms with Crippen LogP contribution in [0.5, 0.6) is 0 Å². The smallest absolute Gasteiger partial charge is 0.305 e. The maximum absolute atomic E-state index is 16.0. The van der Waals surface area contributed by atoms with Gasteiger partial charge in [0, 0.05) is 42.5 Å². The van der Waals surface area contributed by atoms with E-state index in [1.54, 1.807) is 78.8 Å². The van der Waals surface area contributed by atoms with E-state index in [9.17, 15) is 67.7 Å². The van der Waals surface area contributed by atoms with Crippen molar-refractivity contribution < 1.29 is 82.1 Å². The summed E-state index contributed by atoms with van der Waals surface area (Å²) in [6, 6.07) is -9.81. The van der Waals surface area contributed by atoms with Gasteiger partial charge < -0.3 is 80.2 Å². The summed E-state index contributed by atoms with van der Waals surface area (Å²) in [5, 5.41) is 44.2. The molecule has 99 heavy (non-hydrogen) atoms. The second-order valence-electron chi connectivity index (χ2n) is 25.0. The van der Waals surface area contributed by atoms with Gasteiger partial charge in [-0.3, -0.25) is 76.8 Å². The number of Topliss-reactive ketones (excluding diaryl/α,β-unsaturated/α-hetero) is 1. The number of carbonyl (C=O) groups excluding carboxylic acids is 13. The molecule has 34 heteroatoms. The van der Waals surface area contributed by atoms with Gasteiger partial charge in [0.15, 0.2) is 10.8 Å². The average Bonchev–Trinajstić information content (AvgIpc) is 1.70. The van der Waals surface area contributed by atoms with E-state index in [1.165, 1.54) is 24.8 Å². The number of benzene rings is 1. The molecule has 0 saturated carbocycles. The molecule has 0 aliphatic carbocycles. The second-order valence-corrected chi connectivity index (χ2v) is 25.8. The van der Waals surface area contributed by atoms with Crippen LogP contribution in [0.4, 0.5) is 0 Å². The zero-order valence-electron chi connectivity index (χ0n) is 57.0. The summed E-state index contributed by atoms with van der Waals surface area (Å²) in [5.74, 6) is -20.6. The number of rotatable bonds is 33. The number of aliphatic carboxylic acids is 2. The van der Waals surface area contributed by atoms with Crippen LogP contribution in [0.1, 0.15) is 164 Å². The third-order valence-corrected chi connectivity index (χ3v) is 17.9. The lowest BCUT2D eigenvalue weighted by atomic mass is 9.94. The molecular formula is C65H96N16O17S. The number of aromatic nitrogens is 3. The average molecular weight is 1410 g/mol. The number of aromatic amines is 1. The molecule has 12 amide bonds. The fourth-order valence-electron chi connectivity index (χ4n) is 10.5. The summed E-state index contributed by atoms with van der Waals surface area (Å²) in [4.78, 5) is 226. The van der Waals surface area contributed by atoms with Gasteiger partial charge in [-0.25, -0.2) is 9.97 Å². The van der Waals surface area contributed by atoms with E-state index in [-0.39, 0.29) is 80.2 Å². The largest absolute Gasteiger partial charge is 0.481 e. The fourth-order valence-corrected chi connectivity index (χ4v) is 11.4. The molecule has 3 aromatic rings. The van der Waals surface area contributed by atoms with Crippen molar-refractivity contribution in [3.05, 3.63) is 70.2 Å². The van der Waals surface area contributed by atoms with Crippen molar-refractivity contribution in [3.8, 4) is 0 Å². The van der Waals surface area contributed by atoms with Crippen LogP contribution in [0, 0.1) is 23.7 Å². The van der Waals surface area contributed by atoms with E-state index in [0.29, 0.717) is 16.9 Å². The summed E-state index contributed by atoms with van der Waals surface area (Å²) in [6.07, 6.45) is -1.83. The highest BCUT2D eigenvalue weighted by molar-refractivity contribution is 7.12. The first kappa shape index (κ1) is 81.9. The minimum Gasteiger partial charge on any atom is -0.481 e. The first-order valence-electron chi connectivity index (χ1n) is 33.1. The van der Waals surface area contributed by atoms with Gasteiger partial charge in [0.25, 0.3) is 17.7 Å². The van der Waals surface area contributed by atoms with Crippen LogP contribution >= 0.6 is 11.3 Å². The Labute approximate surface area is 577 Å². The number of unbranched alkanes of at least 4 members (excludes halogenated alkanes) is 1. The van der Waals surface area contributed by atoms with Crippen molar-refractivity contribution in [2.45, 2.75) is 206 Å². The minimum absolute atomic E-state index is 0.0171. The number of hydrogen-bond acceptors (Lipinski definition) is 20. The zero-order chi connectivity index (χ0) is 73.8. The Morgan fingerprint density at radius 3 is 1.82 bits per heavy atom. The second kappa shape index (κ2) is 40.4. The van der Waals surface area contributed by atoms with Crippen molar-refractivity contribution in [2.75, 3.05) is 13.1 Å². The van der Waals surface area contributed by atoms with E-state index in [0.717, 1.165) is 11.3 Å². The fraction of sp³-hybridized carbons (Fsp3) is 0.585. The Morgan fingerprint density at radius 1 is 0.636 bits per heavy atom. The normalized spacial score (nSPS) is 21.1. The molecule has 0 bridgehead atoms. The molecule has 33 nitrogen and oxygen atoms in total. The van der Waals surface area contributed by atoms with E-state index in [2.05, 4.69) is 62.8 Å². The van der Waals surface area contributed by atoms with Crippen LogP contribution in [0.2, 0.25) is 0 Å². The lowest BCUT2D eigenvalue weighted by Crippen LogP contribution is -2.66. The number of carboxylic acids is 2. The number of imidazole rings is 1. The SMILES string of the molecule is CC[C@H](C)C(=O)c1nc(C(=O)N[C@H](C(=O)N[C@H](CCC(=O)O)C(=O)N[C@H](C(=O)N2C(=O)[C@H](CC(N)=O)NC(=O)[C@@H](CC(=O)O)NC(=O)[C@H](Cc3cnc[nH]3)NC(=O)[C@@H](Cc3ccccc3)NC(=O)[C@H]([C@@H](C)CC)NC(=O)[C@@H](CCCN)NC(=O)[C@@H]2CCCCN)[C@@H](C)CC)C(C)C)cs1. The molecule has 0 spiro atoms. The molecule has 1 aliphatic rings. The predicted octanol–water partition coefficient (Wildman–Crippen LogP) is -0.874. The standard InChI is InChI=1S/C65H96N16O17S/c1-9-34(6)51-62(96)75-41(26-37-18-13-12-14-19-37)56(90)73-42(27-38-30-69-32-70-38)57(91)74-43(29-49(85)86)58(92)76-44(28-47(68)82)64(97)81(46(21-15-16-24-66)60(94)71-39(20-17-25-67)54(88)79-51)65(98)52(35(7)10-2)80-55(89)40(22-23-48(83)84)72-61(95)50(33(4)5)78-59(93)45-31-99-63(77-45)53(87)36(8)11-3/h12-14,18-19,30-36,39-44,46,50-52H,9-11,15-17,20-29,66-67H2,1-8H3,(H2,68,82)(H,69,70)(H,71,94)(H,72,95)(H,73,90)(H,74,91)(H,75,96)(H,76,92)(H,78,93)(H,79,88)(H,80,89)(H,83,84)(H,85,86)/t34-,35-,36-,39+,40+,41+,42-,43+,44-,46-,50-,51-,52-/m0/s1. The van der Waals surface area contributed by atoms with Crippen LogP contribution in [-0.4, -0.2) is 192 Å². The van der Waals surface area contributed by atoms with Crippen molar-refractivity contribution in [1.29, 1.82) is 0 Å². The Kier molecular flexibility index (Phi) is 33.4. The van der Waals surface area contributed by atoms with Crippen molar-refractivity contribution >= 4 is 99.9 Å². The highest BCUT2D eigenvalue weighted by Crippen LogP contribution is 2.23. The van der Waals surface area contributed by atoms with Gasteiger partial charge in [-0.15, -0.1) is 11.3 Å². The third-order valence-electron chi connectivity index (χ3n) is 17.0. The summed E-state index contributed by atoms with van der Waals surface area (Å²) < 4.78 is 0. The number of hydrogen-bond donors (Lipinski definition) is 15. The summed E-state index contributed by atoms with van der Waals surface area (Å²) in [7, 11) is 0. The number of nitrogens with one attached hydrogen (secondary N) is 10. The van der Waals surface area contributed by atoms with E-state index in [1.807, 2.05) is 0 Å². The number of thiazole rings is 1. The van der Waals surface area contributed by atoms with Crippen LogP contribution in [-0.2, 0) is 75.2 Å². The molecule has 2 aromatic heterocycles. The van der Waals surface area contributed by atoms with Crippen molar-refractivity contribution in [3.63, 3.8) is 0 Å². The number of carboxylic acid groups (broad SMARTS) is 2. The van der Waals surface area contributed by atoms with E-state index >= 15 is 14.4 Å². The minimum atomic E-state index is -2.34. The van der Waals surface area contributed by atoms with Gasteiger partial charge in [-0.05, 0) is 81.4 Å². The molecule has 18 N–H and O–H groups in total. The molecule has 3 heterocycles. The summed E-state index contributed by atoms with van der Waals surface area (Å²) >= 11 is 0.919. The first-order valence-corrected chi connectivity index (χ1v) is 34.0. The molecule has 0 unspecified atom stereocenters. The molecule has 1 aliphatic heterocycles. The number of H-pyrrole nitrogens is 1. The van der Waals surface area contributed by atoms with Gasteiger partial charge in [0.2, 0.25) is 53.2 Å². The number of imide groups is 1. The highest BCUT2D eigenvalue weighted by atomic mass is 32.1. The van der Waals surface area contributed by atoms with Crippen molar-refractivity contribution in [1.82, 2.24) is 67.7 Å². The molecule has 544 valence electrons. The van der Waals surface area contributed by atoms with E-state index < -0.39 is 205 Å². The lowest BCUT2D eigenvalue weighted by Gasteiger charge is -2.37. The van der Waals surface area contributed by atoms with Crippen LogP contribution in [0.15, 0.2) is 48.2 Å². The number of nitrogens with zero attached hydrogens (tertiary/aromatic N) is 3. The van der Waals surface area contributed by atoms with Crippen LogP contribution in [0.25, 0.3) is 0 Å². The van der Waals surface area contributed by atoms with Crippen LogP contribution in [0.3, 0.4) is 0 Å². The predicted molar refractivity (Wildman–Crippen MR) is 359 cm³/mol. The van der Waals surface area contributed by atoms with E-state index in [4.69, 9.17) is 17.2 Å². The van der Waals surface area contributed by atoms with Gasteiger partial charge >= 0.3 is 11.9 Å². The molecular weight excluding hydrogens is 1310 g/mol. The quantitative estimate of drug-likeness (QED) is 0.0260. The molecule has 1 fully saturated rings. The number of nitrogens with two attached hydrogens (primary N) is 3. The molecule has 0 radical (unpaired) electrons. The number of primary amides is 1. The zero-order valence-corrected chi connectivity index (χ0v) is 57.8. The number of ketones is 1. The number of carbonyl (C=O) groups is 15. The van der Waals surface area contributed by atoms with Gasteiger partial charge in [0.05, 0.1) is 19.2 Å². The maximum Gasteiger partial charge on any atom is 0.305 e. The van der Waals surface area contributed by atoms with Gasteiger partial charge in [-0.1, -0.05) is 98.6 Å².